The van der Waals surface area contributed by atoms with E-state index in [-0.39, 0.29) is 6.10 Å². The Morgan fingerprint density at radius 1 is 1.56 bits per heavy atom. The number of aromatic nitrogens is 3. The van der Waals surface area contributed by atoms with Crippen LogP contribution in [0, 0.1) is 5.92 Å². The maximum atomic E-state index is 9.23. The number of aliphatic hydroxyl groups excluding tert-OH is 1. The van der Waals surface area contributed by atoms with Crippen LogP contribution in [0.25, 0.3) is 0 Å². The molecule has 2 rings (SSSR count). The van der Waals surface area contributed by atoms with E-state index in [1.165, 1.54) is 0 Å². The standard InChI is InChI=1S/C11H20N4O/c1-3-15-11(12-8-13-15)7-14(2)6-9-4-10(16)5-9/h8-10,16H,3-7H2,1-2H3. The zero-order chi connectivity index (χ0) is 11.5. The van der Waals surface area contributed by atoms with Gasteiger partial charge in [0.1, 0.15) is 12.2 Å². The Morgan fingerprint density at radius 2 is 2.31 bits per heavy atom. The largest absolute Gasteiger partial charge is 0.393 e. The average molecular weight is 224 g/mol. The Labute approximate surface area is 96.1 Å². The lowest BCUT2D eigenvalue weighted by Gasteiger charge is -2.34. The van der Waals surface area contributed by atoms with E-state index >= 15 is 0 Å². The molecule has 0 unspecified atom stereocenters. The summed E-state index contributed by atoms with van der Waals surface area (Å²) in [4.78, 5) is 6.51. The normalized spacial score (nSPS) is 24.8. The van der Waals surface area contributed by atoms with Gasteiger partial charge in [0.2, 0.25) is 0 Å². The summed E-state index contributed by atoms with van der Waals surface area (Å²) in [6.07, 6.45) is 3.45. The molecule has 1 aliphatic rings. The number of hydrogen-bond donors (Lipinski definition) is 1. The van der Waals surface area contributed by atoms with Crippen LogP contribution in [0.4, 0.5) is 0 Å². The average Bonchev–Trinajstić information content (AvgIpc) is 2.62. The van der Waals surface area contributed by atoms with Gasteiger partial charge in [-0.1, -0.05) is 0 Å². The van der Waals surface area contributed by atoms with Crippen molar-refractivity contribution in [3.8, 4) is 0 Å². The minimum Gasteiger partial charge on any atom is -0.393 e. The minimum absolute atomic E-state index is 0.0577. The molecule has 5 heteroatoms. The first kappa shape index (κ1) is 11.5. The summed E-state index contributed by atoms with van der Waals surface area (Å²) in [5, 5.41) is 13.4. The summed E-state index contributed by atoms with van der Waals surface area (Å²) < 4.78 is 1.92. The van der Waals surface area contributed by atoms with Gasteiger partial charge < -0.3 is 5.11 Å². The molecular formula is C11H20N4O. The predicted octanol–water partition coefficient (Wildman–Crippen LogP) is 0.501. The van der Waals surface area contributed by atoms with Gasteiger partial charge in [-0.2, -0.15) is 5.10 Å². The van der Waals surface area contributed by atoms with Crippen molar-refractivity contribution in [3.05, 3.63) is 12.2 Å². The van der Waals surface area contributed by atoms with Crippen molar-refractivity contribution >= 4 is 0 Å². The van der Waals surface area contributed by atoms with E-state index in [9.17, 15) is 5.11 Å². The van der Waals surface area contributed by atoms with Gasteiger partial charge in [-0.25, -0.2) is 9.67 Å². The highest BCUT2D eigenvalue weighted by Crippen LogP contribution is 2.27. The first-order valence-corrected chi connectivity index (χ1v) is 5.92. The van der Waals surface area contributed by atoms with Crippen LogP contribution in [0.15, 0.2) is 6.33 Å². The molecule has 1 N–H and O–H groups in total. The van der Waals surface area contributed by atoms with Crippen LogP contribution >= 0.6 is 0 Å². The van der Waals surface area contributed by atoms with Crippen molar-refractivity contribution in [3.63, 3.8) is 0 Å². The molecule has 1 fully saturated rings. The molecule has 1 heterocycles. The Bertz CT molecular complexity index is 332. The molecule has 0 aliphatic heterocycles. The zero-order valence-electron chi connectivity index (χ0n) is 10.0. The van der Waals surface area contributed by atoms with Gasteiger partial charge in [-0.3, -0.25) is 4.90 Å². The summed E-state index contributed by atoms with van der Waals surface area (Å²) in [7, 11) is 2.10. The molecular weight excluding hydrogens is 204 g/mol. The van der Waals surface area contributed by atoms with E-state index < -0.39 is 0 Å². The van der Waals surface area contributed by atoms with Gasteiger partial charge >= 0.3 is 0 Å². The van der Waals surface area contributed by atoms with Crippen LogP contribution in [0.2, 0.25) is 0 Å². The van der Waals surface area contributed by atoms with Gasteiger partial charge in [-0.05, 0) is 32.7 Å². The first-order valence-electron chi connectivity index (χ1n) is 5.92. The molecule has 1 aromatic rings. The van der Waals surface area contributed by atoms with E-state index in [4.69, 9.17) is 0 Å². The lowest BCUT2D eigenvalue weighted by Crippen LogP contribution is -2.37. The molecule has 16 heavy (non-hydrogen) atoms. The molecule has 90 valence electrons. The fourth-order valence-corrected chi connectivity index (χ4v) is 2.27. The topological polar surface area (TPSA) is 54.2 Å². The number of aryl methyl sites for hydroxylation is 1. The lowest BCUT2D eigenvalue weighted by atomic mass is 9.82. The number of rotatable bonds is 5. The van der Waals surface area contributed by atoms with E-state index in [1.54, 1.807) is 6.33 Å². The molecule has 5 nitrogen and oxygen atoms in total. The molecule has 0 saturated heterocycles. The van der Waals surface area contributed by atoms with E-state index in [0.29, 0.717) is 5.92 Å². The number of hydrogen-bond acceptors (Lipinski definition) is 4. The third kappa shape index (κ3) is 2.59. The van der Waals surface area contributed by atoms with Crippen LogP contribution in [0.5, 0.6) is 0 Å². The Hall–Kier alpha value is -0.940. The fourth-order valence-electron chi connectivity index (χ4n) is 2.27. The molecule has 0 spiro atoms. The van der Waals surface area contributed by atoms with Crippen molar-refractivity contribution in [1.82, 2.24) is 19.7 Å². The van der Waals surface area contributed by atoms with Crippen LogP contribution in [0.1, 0.15) is 25.6 Å². The van der Waals surface area contributed by atoms with E-state index in [1.807, 2.05) is 4.68 Å². The molecule has 0 amide bonds. The highest BCUT2D eigenvalue weighted by molar-refractivity contribution is 4.86. The van der Waals surface area contributed by atoms with Gasteiger partial charge in [0, 0.05) is 13.1 Å². The molecule has 1 saturated carbocycles. The second-order valence-corrected chi connectivity index (χ2v) is 4.68. The van der Waals surface area contributed by atoms with Crippen molar-refractivity contribution in [1.29, 1.82) is 0 Å². The highest BCUT2D eigenvalue weighted by Gasteiger charge is 2.28. The van der Waals surface area contributed by atoms with Crippen LogP contribution in [-0.4, -0.2) is 44.5 Å². The molecule has 0 bridgehead atoms. The van der Waals surface area contributed by atoms with E-state index in [2.05, 4.69) is 29.0 Å². The first-order chi connectivity index (χ1) is 7.69. The molecule has 0 radical (unpaired) electrons. The van der Waals surface area contributed by atoms with Crippen molar-refractivity contribution in [2.75, 3.05) is 13.6 Å². The Morgan fingerprint density at radius 3 is 2.94 bits per heavy atom. The zero-order valence-corrected chi connectivity index (χ0v) is 10.0. The number of aliphatic hydroxyl groups is 1. The van der Waals surface area contributed by atoms with Crippen molar-refractivity contribution in [2.24, 2.45) is 5.92 Å². The summed E-state index contributed by atoms with van der Waals surface area (Å²) in [6, 6.07) is 0. The maximum Gasteiger partial charge on any atom is 0.140 e. The minimum atomic E-state index is -0.0577. The van der Waals surface area contributed by atoms with Crippen LogP contribution < -0.4 is 0 Å². The maximum absolute atomic E-state index is 9.23. The van der Waals surface area contributed by atoms with Gasteiger partial charge in [0.25, 0.3) is 0 Å². The second-order valence-electron chi connectivity index (χ2n) is 4.68. The lowest BCUT2D eigenvalue weighted by molar-refractivity contribution is 0.0269. The Balaban J connectivity index is 1.80. The second kappa shape index (κ2) is 4.93. The third-order valence-corrected chi connectivity index (χ3v) is 3.19. The molecule has 0 aromatic carbocycles. The smallest absolute Gasteiger partial charge is 0.140 e. The van der Waals surface area contributed by atoms with Crippen molar-refractivity contribution < 1.29 is 5.11 Å². The highest BCUT2D eigenvalue weighted by atomic mass is 16.3. The summed E-state index contributed by atoms with van der Waals surface area (Å²) in [5.74, 6) is 1.67. The van der Waals surface area contributed by atoms with Gasteiger partial charge in [0.05, 0.1) is 12.6 Å². The monoisotopic (exact) mass is 224 g/mol. The van der Waals surface area contributed by atoms with Crippen molar-refractivity contribution in [2.45, 2.75) is 39.0 Å². The van der Waals surface area contributed by atoms with Crippen LogP contribution in [0.3, 0.4) is 0 Å². The van der Waals surface area contributed by atoms with E-state index in [0.717, 1.165) is 38.3 Å². The molecule has 1 aliphatic carbocycles. The number of nitrogens with zero attached hydrogens (tertiary/aromatic N) is 4. The molecule has 0 atom stereocenters. The predicted molar refractivity (Wildman–Crippen MR) is 60.8 cm³/mol. The third-order valence-electron chi connectivity index (χ3n) is 3.19. The van der Waals surface area contributed by atoms with Gasteiger partial charge in [-0.15, -0.1) is 0 Å². The molecule has 1 aromatic heterocycles. The summed E-state index contributed by atoms with van der Waals surface area (Å²) >= 11 is 0. The van der Waals surface area contributed by atoms with Gasteiger partial charge in [0.15, 0.2) is 0 Å². The van der Waals surface area contributed by atoms with Crippen LogP contribution in [-0.2, 0) is 13.1 Å². The summed E-state index contributed by atoms with van der Waals surface area (Å²) in [6.45, 7) is 4.81. The summed E-state index contributed by atoms with van der Waals surface area (Å²) in [5.41, 5.74) is 0. The Kier molecular flexibility index (Phi) is 3.56. The fraction of sp³-hybridized carbons (Fsp3) is 0.818. The quantitative estimate of drug-likeness (QED) is 0.791. The SMILES string of the molecule is CCn1ncnc1CN(C)CC1CC(O)C1.